The van der Waals surface area contributed by atoms with Gasteiger partial charge in [0, 0.05) is 0 Å². The zero-order chi connectivity index (χ0) is 10.3. The number of halogens is 1. The van der Waals surface area contributed by atoms with Crippen LogP contribution in [0.1, 0.15) is 16.1 Å². The lowest BCUT2D eigenvalue weighted by Crippen LogP contribution is -1.94. The fourth-order valence-corrected chi connectivity index (χ4v) is 1.39. The van der Waals surface area contributed by atoms with E-state index in [-0.39, 0.29) is 5.69 Å². The Labute approximate surface area is 84.5 Å². The number of carboxylic acid groups (broad SMARTS) is 1. The summed E-state index contributed by atoms with van der Waals surface area (Å²) in [7, 11) is 0. The van der Waals surface area contributed by atoms with Crippen LogP contribution in [0.2, 0.25) is 5.15 Å². The Kier molecular flexibility index (Phi) is 1.93. The summed E-state index contributed by atoms with van der Waals surface area (Å²) in [5.74, 6) is -1.00. The van der Waals surface area contributed by atoms with Gasteiger partial charge in [0.1, 0.15) is 10.8 Å². The molecule has 0 unspecified atom stereocenters. The molecule has 0 fully saturated rings. The highest BCUT2D eigenvalue weighted by atomic mass is 35.5. The zero-order valence-corrected chi connectivity index (χ0v) is 8.09. The third kappa shape index (κ3) is 1.33. The Bertz CT molecular complexity index is 480. The molecule has 0 radical (unpaired) electrons. The van der Waals surface area contributed by atoms with Gasteiger partial charge >= 0.3 is 5.97 Å². The van der Waals surface area contributed by atoms with Crippen molar-refractivity contribution in [1.82, 2.24) is 9.97 Å². The van der Waals surface area contributed by atoms with Crippen molar-refractivity contribution >= 4 is 28.6 Å². The van der Waals surface area contributed by atoms with Gasteiger partial charge < -0.3 is 10.1 Å². The summed E-state index contributed by atoms with van der Waals surface area (Å²) in [6.45, 7) is 1.82. The fourth-order valence-electron chi connectivity index (χ4n) is 1.25. The fraction of sp³-hybridized carbons (Fsp3) is 0.111. The monoisotopic (exact) mass is 210 g/mol. The first-order valence-electron chi connectivity index (χ1n) is 3.97. The molecule has 72 valence electrons. The molecule has 4 nitrogen and oxygen atoms in total. The molecule has 0 amide bonds. The molecule has 14 heavy (non-hydrogen) atoms. The molecule has 0 aromatic carbocycles. The number of aromatic carboxylic acids is 1. The number of aromatic nitrogens is 2. The highest BCUT2D eigenvalue weighted by molar-refractivity contribution is 6.30. The smallest absolute Gasteiger partial charge is 0.352 e. The molecule has 0 aliphatic carbocycles. The first-order valence-corrected chi connectivity index (χ1v) is 4.35. The Hall–Kier alpha value is -1.55. The van der Waals surface area contributed by atoms with Crippen LogP contribution in [0.25, 0.3) is 11.0 Å². The molecule has 0 aliphatic rings. The topological polar surface area (TPSA) is 66.0 Å². The number of rotatable bonds is 1. The van der Waals surface area contributed by atoms with Gasteiger partial charge in [-0.05, 0) is 24.6 Å². The van der Waals surface area contributed by atoms with Crippen molar-refractivity contribution in [2.24, 2.45) is 0 Å². The minimum Gasteiger partial charge on any atom is -0.477 e. The number of carboxylic acids is 1. The second-order valence-corrected chi connectivity index (χ2v) is 3.38. The van der Waals surface area contributed by atoms with Crippen molar-refractivity contribution in [1.29, 1.82) is 0 Å². The van der Waals surface area contributed by atoms with Crippen LogP contribution in [0.15, 0.2) is 12.1 Å². The third-order valence-corrected chi connectivity index (χ3v) is 2.34. The van der Waals surface area contributed by atoms with Crippen LogP contribution in [-0.2, 0) is 0 Å². The minimum absolute atomic E-state index is 0.120. The van der Waals surface area contributed by atoms with Crippen molar-refractivity contribution in [2.45, 2.75) is 6.92 Å². The van der Waals surface area contributed by atoms with E-state index in [9.17, 15) is 4.79 Å². The predicted molar refractivity (Wildman–Crippen MR) is 52.8 cm³/mol. The first-order chi connectivity index (χ1) is 6.58. The van der Waals surface area contributed by atoms with Crippen molar-refractivity contribution in [2.75, 3.05) is 0 Å². The predicted octanol–water partition coefficient (Wildman–Crippen LogP) is 2.22. The number of hydrogen-bond donors (Lipinski definition) is 2. The van der Waals surface area contributed by atoms with Crippen molar-refractivity contribution in [3.05, 3.63) is 28.5 Å². The van der Waals surface area contributed by atoms with Crippen LogP contribution in [-0.4, -0.2) is 21.0 Å². The molecule has 2 rings (SSSR count). The molecule has 5 heteroatoms. The normalized spacial score (nSPS) is 10.7. The van der Waals surface area contributed by atoms with Gasteiger partial charge in [0.15, 0.2) is 0 Å². The second kappa shape index (κ2) is 2.99. The molecule has 0 atom stereocenters. The van der Waals surface area contributed by atoms with E-state index in [2.05, 4.69) is 9.97 Å². The lowest BCUT2D eigenvalue weighted by molar-refractivity contribution is 0.0691. The maximum absolute atomic E-state index is 10.6. The van der Waals surface area contributed by atoms with E-state index >= 15 is 0 Å². The second-order valence-electron chi connectivity index (χ2n) is 3.02. The van der Waals surface area contributed by atoms with Gasteiger partial charge in [-0.3, -0.25) is 0 Å². The first kappa shape index (κ1) is 9.02. The number of aromatic amines is 1. The van der Waals surface area contributed by atoms with Gasteiger partial charge in [-0.2, -0.15) is 0 Å². The van der Waals surface area contributed by atoms with Crippen molar-refractivity contribution in [3.63, 3.8) is 0 Å². The quantitative estimate of drug-likeness (QED) is 0.710. The number of nitrogens with zero attached hydrogens (tertiary/aromatic N) is 1. The largest absolute Gasteiger partial charge is 0.477 e. The van der Waals surface area contributed by atoms with E-state index in [0.29, 0.717) is 16.2 Å². The number of carbonyl (C=O) groups is 1. The Balaban J connectivity index is 2.72. The highest BCUT2D eigenvalue weighted by Crippen LogP contribution is 2.20. The summed E-state index contributed by atoms with van der Waals surface area (Å²) >= 11 is 5.80. The average Bonchev–Trinajstić information content (AvgIpc) is 2.48. The summed E-state index contributed by atoms with van der Waals surface area (Å²) in [5, 5.41) is 9.13. The van der Waals surface area contributed by atoms with Gasteiger partial charge in [0.2, 0.25) is 0 Å². The lowest BCUT2D eigenvalue weighted by atomic mass is 10.3. The summed E-state index contributed by atoms with van der Waals surface area (Å²) in [6.07, 6.45) is 0. The van der Waals surface area contributed by atoms with Gasteiger partial charge in [-0.15, -0.1) is 0 Å². The molecule has 2 heterocycles. The Morgan fingerprint density at radius 2 is 2.29 bits per heavy atom. The molecule has 0 spiro atoms. The molecule has 0 aliphatic heterocycles. The van der Waals surface area contributed by atoms with E-state index < -0.39 is 5.97 Å². The van der Waals surface area contributed by atoms with Gasteiger partial charge in [-0.25, -0.2) is 9.78 Å². The standard InChI is InChI=1S/C9H7ClN2O2/c1-4-2-5-6(12-8(4)10)3-7(11-5)9(13)14/h2-3,11H,1H3,(H,13,14). The number of fused-ring (bicyclic) bond motifs is 1. The van der Waals surface area contributed by atoms with Crippen LogP contribution in [0.3, 0.4) is 0 Å². The van der Waals surface area contributed by atoms with Crippen LogP contribution in [0.4, 0.5) is 0 Å². The Morgan fingerprint density at radius 1 is 1.57 bits per heavy atom. The zero-order valence-electron chi connectivity index (χ0n) is 7.34. The summed E-state index contributed by atoms with van der Waals surface area (Å²) in [5.41, 5.74) is 2.19. The lowest BCUT2D eigenvalue weighted by Gasteiger charge is -1.95. The molecule has 0 saturated heterocycles. The van der Waals surface area contributed by atoms with Crippen molar-refractivity contribution in [3.8, 4) is 0 Å². The third-order valence-electron chi connectivity index (χ3n) is 1.96. The van der Waals surface area contributed by atoms with Gasteiger partial charge in [-0.1, -0.05) is 11.6 Å². The molecule has 2 N–H and O–H groups in total. The van der Waals surface area contributed by atoms with Crippen LogP contribution >= 0.6 is 11.6 Å². The van der Waals surface area contributed by atoms with Gasteiger partial charge in [0.25, 0.3) is 0 Å². The average molecular weight is 211 g/mol. The van der Waals surface area contributed by atoms with E-state index in [1.165, 1.54) is 6.07 Å². The summed E-state index contributed by atoms with van der Waals surface area (Å²) in [6, 6.07) is 3.24. The molecule has 2 aromatic heterocycles. The van der Waals surface area contributed by atoms with Crippen LogP contribution in [0.5, 0.6) is 0 Å². The number of pyridine rings is 1. The summed E-state index contributed by atoms with van der Waals surface area (Å²) < 4.78 is 0. The SMILES string of the molecule is Cc1cc2[nH]c(C(=O)O)cc2nc1Cl. The number of nitrogens with one attached hydrogen (secondary N) is 1. The molecule has 0 bridgehead atoms. The van der Waals surface area contributed by atoms with Crippen LogP contribution in [0, 0.1) is 6.92 Å². The van der Waals surface area contributed by atoms with E-state index in [4.69, 9.17) is 16.7 Å². The number of aryl methyl sites for hydroxylation is 1. The molecule has 2 aromatic rings. The highest BCUT2D eigenvalue weighted by Gasteiger charge is 2.09. The maximum Gasteiger partial charge on any atom is 0.352 e. The maximum atomic E-state index is 10.6. The summed E-state index contributed by atoms with van der Waals surface area (Å²) in [4.78, 5) is 17.4. The number of hydrogen-bond acceptors (Lipinski definition) is 2. The van der Waals surface area contributed by atoms with E-state index in [1.807, 2.05) is 6.92 Å². The van der Waals surface area contributed by atoms with Crippen LogP contribution < -0.4 is 0 Å². The molecular formula is C9H7ClN2O2. The minimum atomic E-state index is -1.00. The van der Waals surface area contributed by atoms with E-state index in [1.54, 1.807) is 6.07 Å². The number of H-pyrrole nitrogens is 1. The Morgan fingerprint density at radius 3 is 2.93 bits per heavy atom. The molecule has 0 saturated carbocycles. The van der Waals surface area contributed by atoms with Crippen molar-refractivity contribution < 1.29 is 9.90 Å². The van der Waals surface area contributed by atoms with E-state index in [0.717, 1.165) is 5.56 Å². The van der Waals surface area contributed by atoms with Gasteiger partial charge in [0.05, 0.1) is 11.0 Å². The molecular weight excluding hydrogens is 204 g/mol.